The summed E-state index contributed by atoms with van der Waals surface area (Å²) < 4.78 is 13.1. The minimum atomic E-state index is -1.93. The van der Waals surface area contributed by atoms with Crippen molar-refractivity contribution in [2.45, 2.75) is 13.0 Å². The van der Waals surface area contributed by atoms with Gasteiger partial charge >= 0.3 is 5.97 Å². The zero-order chi connectivity index (χ0) is 10.9. The first-order valence-corrected chi connectivity index (χ1v) is 4.18. The lowest BCUT2D eigenvalue weighted by atomic mass is 10.1. The average molecular weight is 219 g/mol. The number of carboxylic acids is 1. The zero-order valence-corrected chi connectivity index (χ0v) is 8.05. The van der Waals surface area contributed by atoms with Crippen LogP contribution in [0.5, 0.6) is 0 Å². The number of hydrogen-bond donors (Lipinski definition) is 2. The van der Waals surface area contributed by atoms with E-state index in [2.05, 4.69) is 0 Å². The van der Waals surface area contributed by atoms with Gasteiger partial charge in [0.1, 0.15) is 5.82 Å². The number of hydrogen-bond acceptors (Lipinski definition) is 2. The molecule has 0 saturated heterocycles. The van der Waals surface area contributed by atoms with Gasteiger partial charge < -0.3 is 10.2 Å². The molecular formula is C9H8ClFO3. The van der Waals surface area contributed by atoms with Crippen LogP contribution in [0.4, 0.5) is 4.39 Å². The van der Waals surface area contributed by atoms with Gasteiger partial charge in [0.2, 0.25) is 0 Å². The summed E-state index contributed by atoms with van der Waals surface area (Å²) in [6.45, 7) is 1.60. The Labute approximate surface area is 84.7 Å². The van der Waals surface area contributed by atoms with Crippen LogP contribution >= 0.6 is 11.6 Å². The topological polar surface area (TPSA) is 57.5 Å². The van der Waals surface area contributed by atoms with Gasteiger partial charge in [-0.05, 0) is 18.6 Å². The smallest absolute Gasteiger partial charge is 0.337 e. The third kappa shape index (κ3) is 1.86. The fraction of sp³-hybridized carbons (Fsp3) is 0.222. The quantitative estimate of drug-likeness (QED) is 0.797. The highest BCUT2D eigenvalue weighted by Gasteiger charge is 2.23. The Bertz CT molecular complexity index is 379. The Balaban J connectivity index is 3.32. The number of aliphatic carboxylic acids is 1. The first kappa shape index (κ1) is 10.9. The van der Waals surface area contributed by atoms with Crippen molar-refractivity contribution in [1.29, 1.82) is 0 Å². The fourth-order valence-electron chi connectivity index (χ4n) is 1.05. The van der Waals surface area contributed by atoms with E-state index in [4.69, 9.17) is 21.8 Å². The van der Waals surface area contributed by atoms with E-state index in [1.807, 2.05) is 0 Å². The van der Waals surface area contributed by atoms with Crippen molar-refractivity contribution < 1.29 is 19.4 Å². The van der Waals surface area contributed by atoms with Crippen LogP contribution in [0.15, 0.2) is 12.1 Å². The van der Waals surface area contributed by atoms with Gasteiger partial charge in [-0.3, -0.25) is 0 Å². The van der Waals surface area contributed by atoms with Crippen LogP contribution in [0.1, 0.15) is 17.2 Å². The molecule has 14 heavy (non-hydrogen) atoms. The number of rotatable bonds is 2. The Morgan fingerprint density at radius 3 is 2.64 bits per heavy atom. The van der Waals surface area contributed by atoms with Crippen molar-refractivity contribution in [2.75, 3.05) is 0 Å². The second-order valence-electron chi connectivity index (χ2n) is 2.83. The van der Waals surface area contributed by atoms with E-state index < -0.39 is 17.9 Å². The second kappa shape index (κ2) is 3.94. The van der Waals surface area contributed by atoms with Crippen molar-refractivity contribution in [3.63, 3.8) is 0 Å². The van der Waals surface area contributed by atoms with Crippen molar-refractivity contribution in [1.82, 2.24) is 0 Å². The van der Waals surface area contributed by atoms with Gasteiger partial charge in [-0.25, -0.2) is 9.18 Å². The number of benzene rings is 1. The highest BCUT2D eigenvalue weighted by molar-refractivity contribution is 6.32. The molecular weight excluding hydrogens is 211 g/mol. The number of aliphatic hydroxyl groups excluding tert-OH is 1. The zero-order valence-electron chi connectivity index (χ0n) is 7.29. The minimum absolute atomic E-state index is 0.0556. The van der Waals surface area contributed by atoms with E-state index in [0.717, 1.165) is 6.07 Å². The average Bonchev–Trinajstić information content (AvgIpc) is 2.12. The molecule has 0 aromatic heterocycles. The summed E-state index contributed by atoms with van der Waals surface area (Å²) in [5.74, 6) is -2.35. The lowest BCUT2D eigenvalue weighted by molar-refractivity contribution is -0.147. The largest absolute Gasteiger partial charge is 0.479 e. The summed E-state index contributed by atoms with van der Waals surface area (Å²) >= 11 is 5.67. The number of carboxylic acid groups (broad SMARTS) is 1. The molecule has 0 fully saturated rings. The fourth-order valence-corrected chi connectivity index (χ4v) is 1.31. The summed E-state index contributed by atoms with van der Waals surface area (Å²) in [4.78, 5) is 10.4. The maximum absolute atomic E-state index is 13.1. The normalized spacial score (nSPS) is 12.6. The Morgan fingerprint density at radius 1 is 1.57 bits per heavy atom. The summed E-state index contributed by atoms with van der Waals surface area (Å²) in [6.07, 6.45) is -1.93. The highest BCUT2D eigenvalue weighted by atomic mass is 35.5. The third-order valence-corrected chi connectivity index (χ3v) is 2.33. The van der Waals surface area contributed by atoms with Crippen molar-refractivity contribution in [3.8, 4) is 0 Å². The molecule has 0 radical (unpaired) electrons. The molecule has 2 N–H and O–H groups in total. The molecule has 0 heterocycles. The molecule has 1 atom stereocenters. The van der Waals surface area contributed by atoms with E-state index in [-0.39, 0.29) is 10.6 Å². The first-order valence-electron chi connectivity index (χ1n) is 3.80. The van der Waals surface area contributed by atoms with E-state index in [1.165, 1.54) is 6.07 Å². The molecule has 0 aliphatic heterocycles. The van der Waals surface area contributed by atoms with E-state index in [9.17, 15) is 9.18 Å². The van der Waals surface area contributed by atoms with Crippen LogP contribution < -0.4 is 0 Å². The maximum Gasteiger partial charge on any atom is 0.337 e. The van der Waals surface area contributed by atoms with Crippen LogP contribution in [-0.4, -0.2) is 16.2 Å². The van der Waals surface area contributed by atoms with Gasteiger partial charge in [-0.15, -0.1) is 0 Å². The van der Waals surface area contributed by atoms with Crippen LogP contribution in [0, 0.1) is 12.7 Å². The predicted molar refractivity (Wildman–Crippen MR) is 48.7 cm³/mol. The molecule has 0 aliphatic carbocycles. The standard InChI is InChI=1S/C9H8ClFO3/c1-4-2-3-5(11)6(7(4)10)8(12)9(13)14/h2-3,8,12H,1H3,(H,13,14). The van der Waals surface area contributed by atoms with Crippen molar-refractivity contribution in [2.24, 2.45) is 0 Å². The predicted octanol–water partition coefficient (Wildman–Crippen LogP) is 1.91. The third-order valence-electron chi connectivity index (χ3n) is 1.83. The number of aryl methyl sites for hydroxylation is 1. The summed E-state index contributed by atoms with van der Waals surface area (Å²) in [5, 5.41) is 17.6. The number of halogens is 2. The monoisotopic (exact) mass is 218 g/mol. The highest BCUT2D eigenvalue weighted by Crippen LogP contribution is 2.28. The molecule has 0 bridgehead atoms. The molecule has 1 aromatic rings. The SMILES string of the molecule is Cc1ccc(F)c(C(O)C(=O)O)c1Cl. The van der Waals surface area contributed by atoms with Crippen LogP contribution in [0.3, 0.4) is 0 Å². The summed E-state index contributed by atoms with van der Waals surface area (Å²) in [5.41, 5.74) is 0.127. The summed E-state index contributed by atoms with van der Waals surface area (Å²) in [6, 6.07) is 2.48. The molecule has 0 amide bonds. The molecule has 3 nitrogen and oxygen atoms in total. The van der Waals surface area contributed by atoms with Crippen LogP contribution in [-0.2, 0) is 4.79 Å². The summed E-state index contributed by atoms with van der Waals surface area (Å²) in [7, 11) is 0. The van der Waals surface area contributed by atoms with Crippen LogP contribution in [0.25, 0.3) is 0 Å². The van der Waals surface area contributed by atoms with E-state index >= 15 is 0 Å². The molecule has 0 aliphatic rings. The molecule has 0 saturated carbocycles. The first-order chi connectivity index (χ1) is 6.45. The van der Waals surface area contributed by atoms with Gasteiger partial charge in [0, 0.05) is 5.56 Å². The van der Waals surface area contributed by atoms with Gasteiger partial charge in [0.25, 0.3) is 0 Å². The lowest BCUT2D eigenvalue weighted by Gasteiger charge is -2.10. The maximum atomic E-state index is 13.1. The molecule has 1 unspecified atom stereocenters. The van der Waals surface area contributed by atoms with Gasteiger partial charge in [-0.1, -0.05) is 17.7 Å². The Kier molecular flexibility index (Phi) is 3.08. The molecule has 1 aromatic carbocycles. The number of carbonyl (C=O) groups is 1. The van der Waals surface area contributed by atoms with E-state index in [0.29, 0.717) is 5.56 Å². The molecule has 0 spiro atoms. The molecule has 76 valence electrons. The number of aliphatic hydroxyl groups is 1. The molecule has 5 heteroatoms. The second-order valence-corrected chi connectivity index (χ2v) is 3.21. The van der Waals surface area contributed by atoms with Gasteiger partial charge in [0.05, 0.1) is 5.02 Å². The Morgan fingerprint density at radius 2 is 2.14 bits per heavy atom. The minimum Gasteiger partial charge on any atom is -0.479 e. The van der Waals surface area contributed by atoms with Gasteiger partial charge in [-0.2, -0.15) is 0 Å². The van der Waals surface area contributed by atoms with E-state index in [1.54, 1.807) is 6.92 Å². The van der Waals surface area contributed by atoms with Crippen LogP contribution in [0.2, 0.25) is 5.02 Å². The lowest BCUT2D eigenvalue weighted by Crippen LogP contribution is -2.13. The Hall–Kier alpha value is -1.13. The van der Waals surface area contributed by atoms with Crippen molar-refractivity contribution in [3.05, 3.63) is 34.1 Å². The van der Waals surface area contributed by atoms with Crippen molar-refractivity contribution >= 4 is 17.6 Å². The van der Waals surface area contributed by atoms with Gasteiger partial charge in [0.15, 0.2) is 6.10 Å². The molecule has 1 rings (SSSR count).